The number of nitrogens with one attached hydrogen (secondary N) is 1. The summed E-state index contributed by atoms with van der Waals surface area (Å²) < 4.78 is 13.6. The van der Waals surface area contributed by atoms with Crippen molar-refractivity contribution in [2.75, 3.05) is 5.32 Å². The van der Waals surface area contributed by atoms with Crippen LogP contribution in [0.3, 0.4) is 0 Å². The topological polar surface area (TPSA) is 32.3 Å². The van der Waals surface area contributed by atoms with E-state index in [9.17, 15) is 9.50 Å². The van der Waals surface area contributed by atoms with E-state index in [1.807, 2.05) is 13.0 Å². The molecule has 3 heteroatoms. The summed E-state index contributed by atoms with van der Waals surface area (Å²) in [6.45, 7) is 1.91. The van der Waals surface area contributed by atoms with E-state index in [0.717, 1.165) is 31.2 Å². The molecule has 1 aromatic rings. The zero-order valence-corrected chi connectivity index (χ0v) is 9.54. The van der Waals surface area contributed by atoms with E-state index in [1.54, 1.807) is 6.07 Å². The summed E-state index contributed by atoms with van der Waals surface area (Å²) in [6, 6.07) is 5.40. The van der Waals surface area contributed by atoms with Crippen molar-refractivity contribution in [1.82, 2.24) is 0 Å². The Morgan fingerprint density at radius 1 is 1.25 bits per heavy atom. The highest BCUT2D eigenvalue weighted by molar-refractivity contribution is 5.52. The lowest BCUT2D eigenvalue weighted by atomic mass is 9.93. The summed E-state index contributed by atoms with van der Waals surface area (Å²) in [4.78, 5) is 0. The first-order valence-electron chi connectivity index (χ1n) is 5.86. The predicted octanol–water partition coefficient (Wildman–Crippen LogP) is 2.85. The van der Waals surface area contributed by atoms with Gasteiger partial charge in [-0.05, 0) is 44.2 Å². The molecule has 0 aliphatic heterocycles. The van der Waals surface area contributed by atoms with Gasteiger partial charge < -0.3 is 10.4 Å². The third-order valence-corrected chi connectivity index (χ3v) is 3.27. The molecular weight excluding hydrogens is 205 g/mol. The van der Waals surface area contributed by atoms with E-state index in [4.69, 9.17) is 0 Å². The summed E-state index contributed by atoms with van der Waals surface area (Å²) in [5.74, 6) is -0.189. The average Bonchev–Trinajstić information content (AvgIpc) is 2.26. The van der Waals surface area contributed by atoms with Crippen LogP contribution in [0.25, 0.3) is 0 Å². The Morgan fingerprint density at radius 2 is 1.94 bits per heavy atom. The maximum absolute atomic E-state index is 13.6. The molecule has 0 heterocycles. The van der Waals surface area contributed by atoms with Crippen LogP contribution in [-0.2, 0) is 0 Å². The third kappa shape index (κ3) is 2.53. The van der Waals surface area contributed by atoms with Gasteiger partial charge in [-0.3, -0.25) is 0 Å². The minimum absolute atomic E-state index is 0.167. The normalized spacial score (nSPS) is 25.4. The van der Waals surface area contributed by atoms with E-state index >= 15 is 0 Å². The van der Waals surface area contributed by atoms with Gasteiger partial charge in [0.1, 0.15) is 5.82 Å². The molecule has 1 fully saturated rings. The number of anilines is 1. The van der Waals surface area contributed by atoms with Crippen LogP contribution in [0.15, 0.2) is 18.2 Å². The molecule has 2 rings (SSSR count). The maximum atomic E-state index is 13.6. The largest absolute Gasteiger partial charge is 0.393 e. The summed E-state index contributed by atoms with van der Waals surface area (Å²) in [7, 11) is 0. The Balaban J connectivity index is 2.04. The summed E-state index contributed by atoms with van der Waals surface area (Å²) >= 11 is 0. The number of para-hydroxylation sites is 1. The Bertz CT molecular complexity index is 339. The van der Waals surface area contributed by atoms with Crippen molar-refractivity contribution in [1.29, 1.82) is 0 Å². The number of rotatable bonds is 2. The van der Waals surface area contributed by atoms with Gasteiger partial charge in [0.25, 0.3) is 0 Å². The van der Waals surface area contributed by atoms with Crippen LogP contribution in [0.2, 0.25) is 0 Å². The quantitative estimate of drug-likeness (QED) is 0.808. The second kappa shape index (κ2) is 4.83. The van der Waals surface area contributed by atoms with Crippen molar-refractivity contribution in [2.24, 2.45) is 0 Å². The molecule has 16 heavy (non-hydrogen) atoms. The number of benzene rings is 1. The van der Waals surface area contributed by atoms with Crippen LogP contribution in [0, 0.1) is 12.7 Å². The molecule has 0 radical (unpaired) electrons. The van der Waals surface area contributed by atoms with E-state index < -0.39 is 0 Å². The van der Waals surface area contributed by atoms with Crippen molar-refractivity contribution in [3.05, 3.63) is 29.6 Å². The zero-order valence-electron chi connectivity index (χ0n) is 9.54. The van der Waals surface area contributed by atoms with Crippen LogP contribution in [-0.4, -0.2) is 17.3 Å². The zero-order chi connectivity index (χ0) is 11.5. The highest BCUT2D eigenvalue weighted by atomic mass is 19.1. The number of aryl methyl sites for hydroxylation is 1. The van der Waals surface area contributed by atoms with E-state index in [-0.39, 0.29) is 11.9 Å². The van der Waals surface area contributed by atoms with Gasteiger partial charge in [0.15, 0.2) is 0 Å². The van der Waals surface area contributed by atoms with E-state index in [1.165, 1.54) is 6.07 Å². The summed E-state index contributed by atoms with van der Waals surface area (Å²) in [5.41, 5.74) is 1.55. The second-order valence-corrected chi connectivity index (χ2v) is 4.58. The monoisotopic (exact) mass is 223 g/mol. The molecule has 2 nitrogen and oxygen atoms in total. The first-order valence-corrected chi connectivity index (χ1v) is 5.86. The lowest BCUT2D eigenvalue weighted by Gasteiger charge is -2.27. The molecule has 1 aromatic carbocycles. The third-order valence-electron chi connectivity index (χ3n) is 3.27. The fourth-order valence-electron chi connectivity index (χ4n) is 2.24. The molecule has 0 atom stereocenters. The molecule has 0 bridgehead atoms. The van der Waals surface area contributed by atoms with E-state index in [0.29, 0.717) is 11.7 Å². The maximum Gasteiger partial charge on any atom is 0.146 e. The molecule has 1 saturated carbocycles. The van der Waals surface area contributed by atoms with Gasteiger partial charge in [-0.25, -0.2) is 4.39 Å². The van der Waals surface area contributed by atoms with Gasteiger partial charge in [0.2, 0.25) is 0 Å². The van der Waals surface area contributed by atoms with Gasteiger partial charge in [-0.1, -0.05) is 12.1 Å². The summed E-state index contributed by atoms with van der Waals surface area (Å²) in [6.07, 6.45) is 3.28. The van der Waals surface area contributed by atoms with Gasteiger partial charge >= 0.3 is 0 Å². The second-order valence-electron chi connectivity index (χ2n) is 4.58. The SMILES string of the molecule is Cc1cccc(F)c1NC1CCC(O)CC1. The lowest BCUT2D eigenvalue weighted by Crippen LogP contribution is -2.28. The van der Waals surface area contributed by atoms with Crippen molar-refractivity contribution < 1.29 is 9.50 Å². The molecule has 0 saturated heterocycles. The lowest BCUT2D eigenvalue weighted by molar-refractivity contribution is 0.126. The number of aliphatic hydroxyl groups excluding tert-OH is 1. The molecule has 88 valence electrons. The van der Waals surface area contributed by atoms with Crippen molar-refractivity contribution in [3.63, 3.8) is 0 Å². The highest BCUT2D eigenvalue weighted by Gasteiger charge is 2.20. The standard InChI is InChI=1S/C13H18FNO/c1-9-3-2-4-12(14)13(9)15-10-5-7-11(16)8-6-10/h2-4,10-11,15-16H,5-8H2,1H3. The minimum atomic E-state index is -0.189. The number of halogens is 1. The van der Waals surface area contributed by atoms with Gasteiger partial charge in [-0.2, -0.15) is 0 Å². The molecule has 1 aliphatic rings. The Kier molecular flexibility index (Phi) is 3.44. The predicted molar refractivity (Wildman–Crippen MR) is 63.0 cm³/mol. The first kappa shape index (κ1) is 11.4. The number of hydrogen-bond acceptors (Lipinski definition) is 2. The highest BCUT2D eigenvalue weighted by Crippen LogP contribution is 2.25. The molecule has 0 aromatic heterocycles. The van der Waals surface area contributed by atoms with Crippen LogP contribution in [0.5, 0.6) is 0 Å². The molecule has 0 amide bonds. The molecule has 2 N–H and O–H groups in total. The average molecular weight is 223 g/mol. The fourth-order valence-corrected chi connectivity index (χ4v) is 2.24. The first-order chi connectivity index (χ1) is 7.66. The number of aliphatic hydroxyl groups is 1. The van der Waals surface area contributed by atoms with Crippen molar-refractivity contribution in [3.8, 4) is 0 Å². The van der Waals surface area contributed by atoms with Crippen molar-refractivity contribution >= 4 is 5.69 Å². The Morgan fingerprint density at radius 3 is 2.56 bits per heavy atom. The molecular formula is C13H18FNO. The number of hydrogen-bond donors (Lipinski definition) is 2. The van der Waals surface area contributed by atoms with Crippen LogP contribution in [0.4, 0.5) is 10.1 Å². The Hall–Kier alpha value is -1.09. The van der Waals surface area contributed by atoms with Crippen LogP contribution < -0.4 is 5.32 Å². The molecule has 0 unspecified atom stereocenters. The van der Waals surface area contributed by atoms with Gasteiger partial charge in [0, 0.05) is 6.04 Å². The Labute approximate surface area is 95.5 Å². The molecule has 0 spiro atoms. The van der Waals surface area contributed by atoms with Gasteiger partial charge in [0.05, 0.1) is 11.8 Å². The van der Waals surface area contributed by atoms with Crippen molar-refractivity contribution in [2.45, 2.75) is 44.8 Å². The molecule has 1 aliphatic carbocycles. The van der Waals surface area contributed by atoms with E-state index in [2.05, 4.69) is 5.32 Å². The van der Waals surface area contributed by atoms with Crippen LogP contribution in [0.1, 0.15) is 31.2 Å². The fraction of sp³-hybridized carbons (Fsp3) is 0.538. The van der Waals surface area contributed by atoms with Gasteiger partial charge in [-0.15, -0.1) is 0 Å². The summed E-state index contributed by atoms with van der Waals surface area (Å²) in [5, 5.41) is 12.7. The smallest absolute Gasteiger partial charge is 0.146 e. The van der Waals surface area contributed by atoms with Crippen LogP contribution >= 0.6 is 0 Å². The minimum Gasteiger partial charge on any atom is -0.393 e.